The molecular weight excluding hydrogens is 1500 g/mol. The molecule has 38 heteroatoms. The molecule has 0 heterocycles. The van der Waals surface area contributed by atoms with Gasteiger partial charge < -0.3 is 131 Å². The molecule has 4 aromatic carbocycles. The average Bonchev–Trinajstić information content (AvgIpc) is 3.28. The average molecular weight is 1550 g/mol. The summed E-state index contributed by atoms with van der Waals surface area (Å²) >= 11 is 0. The number of nitrogens with zero attached hydrogens (tertiary/aromatic N) is 4. The Bertz CT molecular complexity index is 2000. The van der Waals surface area contributed by atoms with Crippen LogP contribution in [0.3, 0.4) is 0 Å². The number of benzene rings is 4. The number of rotatable bonds is 8. The third-order valence-electron chi connectivity index (χ3n) is 5.42. The Labute approximate surface area is 549 Å². The molecule has 0 fully saturated rings. The van der Waals surface area contributed by atoms with Crippen LogP contribution in [0.5, 0.6) is 46.0 Å². The van der Waals surface area contributed by atoms with Crippen LogP contribution in [0.25, 0.3) is 0 Å². The Morgan fingerprint density at radius 1 is 0.341 bits per heavy atom. The summed E-state index contributed by atoms with van der Waals surface area (Å²) in [5, 5.41) is 103. The quantitative estimate of drug-likeness (QED) is 0.139. The maximum Gasteiger partial charge on any atom is 3.00 e. The minimum Gasteiger partial charge on any atom is -0.870 e. The number of hydrogen-bond acceptors (Lipinski definition) is 30. The van der Waals surface area contributed by atoms with E-state index in [-0.39, 0.29) is 213 Å². The summed E-state index contributed by atoms with van der Waals surface area (Å²) in [6, 6.07) is 18.3. The summed E-state index contributed by atoms with van der Waals surface area (Å²) in [5.41, 5.74) is 0.516. The number of ketones is 4. The molecule has 4 rings (SSSR count). The van der Waals surface area contributed by atoms with E-state index in [0.717, 1.165) is 0 Å². The van der Waals surface area contributed by atoms with Gasteiger partial charge in [0.1, 0.15) is 71.3 Å². The topological polar surface area (TPSA) is 591 Å². The molecule has 0 atom stereocenters. The number of carbonyl (C=O) groups excluding carboxylic acids is 8. The van der Waals surface area contributed by atoms with Crippen molar-refractivity contribution >= 4 is 48.3 Å². The first kappa shape index (κ1) is 110. The Morgan fingerprint density at radius 3 is 0.512 bits per heavy atom. The van der Waals surface area contributed by atoms with Crippen molar-refractivity contribution in [3.8, 4) is 46.0 Å². The van der Waals surface area contributed by atoms with E-state index in [0.29, 0.717) is 25.1 Å². The molecule has 82 heavy (non-hydrogen) atoms. The van der Waals surface area contributed by atoms with Crippen molar-refractivity contribution in [3.05, 3.63) is 156 Å². The monoisotopic (exact) mass is 1550 g/mol. The molecule has 2 radical (unpaired) electrons. The maximum absolute atomic E-state index is 11.1. The van der Waals surface area contributed by atoms with E-state index in [4.69, 9.17) is 80.2 Å². The van der Waals surface area contributed by atoms with Crippen molar-refractivity contribution in [1.82, 2.24) is 0 Å². The van der Waals surface area contributed by atoms with Gasteiger partial charge in [0.25, 0.3) is 0 Å². The van der Waals surface area contributed by atoms with Crippen LogP contribution < -0.4 is 39.4 Å². The third-order valence-corrected chi connectivity index (χ3v) is 5.42. The van der Waals surface area contributed by atoms with Crippen molar-refractivity contribution in [2.45, 2.75) is 55.4 Å². The van der Waals surface area contributed by atoms with E-state index in [9.17, 15) is 58.8 Å². The Kier molecular flexibility index (Phi) is 99.5. The molecule has 4 aromatic rings. The fourth-order valence-electron chi connectivity index (χ4n) is 3.15. The van der Waals surface area contributed by atoms with Crippen molar-refractivity contribution in [1.29, 1.82) is 0 Å². The Balaban J connectivity index is -0.0000000526. The van der Waals surface area contributed by atoms with E-state index in [1.165, 1.54) is 132 Å². The van der Waals surface area contributed by atoms with Crippen LogP contribution in [0, 0.1) is 139 Å². The van der Waals surface area contributed by atoms with Gasteiger partial charge in [-0.25, -0.2) is 0 Å². The number of methoxy groups -OCH3 is 4. The summed E-state index contributed by atoms with van der Waals surface area (Å²) < 4.78 is 18.9. The molecular formula is C44H54Co2N4O30Tb2. The molecule has 0 aromatic heterocycles. The summed E-state index contributed by atoms with van der Waals surface area (Å²) in [5.74, 6) is 0.0541. The van der Waals surface area contributed by atoms with Crippen LogP contribution in [0.4, 0.5) is 0 Å². The van der Waals surface area contributed by atoms with Crippen LogP contribution in [0.15, 0.2) is 72.8 Å². The minimum absolute atomic E-state index is 0. The zero-order valence-corrected chi connectivity index (χ0v) is 51.0. The fraction of sp³-hybridized carbons (Fsp3) is 0.273. The van der Waals surface area contributed by atoms with E-state index in [1.54, 1.807) is 24.3 Å². The summed E-state index contributed by atoms with van der Waals surface area (Å²) in [6.07, 6.45) is 2.07. The largest absolute Gasteiger partial charge is 3.00 e. The Hall–Kier alpha value is -7.06. The second kappa shape index (κ2) is 73.9. The van der Waals surface area contributed by atoms with Gasteiger partial charge in [-0.05, 0) is 79.7 Å². The predicted octanol–water partition coefficient (Wildman–Crippen LogP) is 3.39. The molecule has 0 unspecified atom stereocenters. The summed E-state index contributed by atoms with van der Waals surface area (Å²) in [4.78, 5) is 112. The first-order valence-corrected chi connectivity index (χ1v) is 19.3. The summed E-state index contributed by atoms with van der Waals surface area (Å²) in [6.45, 7) is 12.2. The van der Waals surface area contributed by atoms with Gasteiger partial charge in [0.2, 0.25) is 0 Å². The molecule has 0 amide bonds. The molecule has 34 nitrogen and oxygen atoms in total. The molecule has 0 aliphatic carbocycles. The number of para-hydroxylation sites is 4. The normalized spacial score (nSPS) is 7.37. The number of carbonyl (C=O) groups is 8. The molecule has 0 saturated heterocycles. The zero-order valence-electron chi connectivity index (χ0n) is 44.7. The number of aldehydes is 4. The van der Waals surface area contributed by atoms with Gasteiger partial charge in [0.05, 0.1) is 48.8 Å². The molecule has 0 aliphatic heterocycles. The van der Waals surface area contributed by atoms with Gasteiger partial charge >= 0.3 is 111 Å². The van der Waals surface area contributed by atoms with Gasteiger partial charge in [-0.1, -0.05) is 71.5 Å². The van der Waals surface area contributed by atoms with E-state index in [2.05, 4.69) is 0 Å². The molecule has 0 spiro atoms. The predicted molar refractivity (Wildman–Crippen MR) is 262 cm³/mol. The van der Waals surface area contributed by atoms with Crippen LogP contribution in [0.2, 0.25) is 0 Å². The number of ether oxygens (including phenoxy) is 4. The summed E-state index contributed by atoms with van der Waals surface area (Å²) in [7, 11) is 5.58. The fourth-order valence-corrected chi connectivity index (χ4v) is 3.15. The van der Waals surface area contributed by atoms with E-state index < -0.39 is 20.3 Å². The van der Waals surface area contributed by atoms with Crippen molar-refractivity contribution < 1.29 is 220 Å². The minimum atomic E-state index is -1.75. The first-order valence-electron chi connectivity index (χ1n) is 19.3. The zero-order chi connectivity index (χ0) is 61.7. The molecule has 2 N–H and O–H groups in total. The third kappa shape index (κ3) is 89.5. The number of Topliss-reactive ketones (excluding diaryl/α,β-unsaturated/α-hetero) is 4. The van der Waals surface area contributed by atoms with Crippen LogP contribution in [0.1, 0.15) is 96.8 Å². The van der Waals surface area contributed by atoms with Crippen molar-refractivity contribution in [2.75, 3.05) is 28.4 Å². The second-order valence-corrected chi connectivity index (χ2v) is 12.5. The standard InChI is InChI=1S/4C8H8O3.4C3H6O.2Co.4NO3.2H2O.2Tb/c4*1-11-7-4-2-3-6(5-9)8(7)10;4*1-3(2)4;;;4*2-1(3)4;;;;/h4*2-5,10H,1H3;4*1-2H3;;;;;;;2*1H2;;/q;;;;;;;;2*+2;4*-1;;;2*+3/p-6. The Morgan fingerprint density at radius 2 is 0.439 bits per heavy atom. The van der Waals surface area contributed by atoms with E-state index >= 15 is 0 Å². The van der Waals surface area contributed by atoms with Gasteiger partial charge in [0.15, 0.2) is 0 Å². The van der Waals surface area contributed by atoms with Gasteiger partial charge in [-0.15, -0.1) is 0 Å². The number of hydrogen-bond donors (Lipinski definition) is 0. The molecule has 466 valence electrons. The van der Waals surface area contributed by atoms with Crippen LogP contribution >= 0.6 is 0 Å². The van der Waals surface area contributed by atoms with Crippen LogP contribution in [-0.4, -0.2) is 108 Å². The first-order chi connectivity index (χ1) is 35.0. The van der Waals surface area contributed by atoms with Gasteiger partial charge in [-0.3, -0.25) is 19.2 Å². The van der Waals surface area contributed by atoms with Crippen molar-refractivity contribution in [2.24, 2.45) is 0 Å². The maximum atomic E-state index is 11.1. The van der Waals surface area contributed by atoms with E-state index in [1.807, 2.05) is 0 Å². The molecule has 0 aliphatic rings. The van der Waals surface area contributed by atoms with Crippen LogP contribution in [-0.2, 0) is 52.7 Å². The van der Waals surface area contributed by atoms with Gasteiger partial charge in [0, 0.05) is 22.3 Å². The van der Waals surface area contributed by atoms with Gasteiger partial charge in [-0.2, -0.15) is 0 Å². The second-order valence-electron chi connectivity index (χ2n) is 12.5. The molecule has 0 saturated carbocycles. The smallest absolute Gasteiger partial charge is 0.870 e. The SMILES string of the molecule is CC(C)=O.CC(C)=O.CC(C)=O.CC(C)=O.COc1cccc(C=O)c1[O-].COc1cccc(C=O)c1[O-].COc1cccc(C=O)c1[O-].COc1cccc(C=O)c1[O-].O=[N+]([O-])[O-].O=[N+]([O-])[O-].O=[N+]([O-])[O-].O=[N+]([O-])[O-].[Co+2].[Co+2].[OH-].[OH-].[Tb+3].[Tb+3]. The molecule has 0 bridgehead atoms. The van der Waals surface area contributed by atoms with Crippen molar-refractivity contribution in [3.63, 3.8) is 0 Å².